The van der Waals surface area contributed by atoms with Crippen LogP contribution in [0, 0.1) is 0 Å². The lowest BCUT2D eigenvalue weighted by Crippen LogP contribution is -2.50. The Bertz CT molecular complexity index is 1330. The number of carbonyl (C=O) groups excluding carboxylic acids is 1. The monoisotopic (exact) mass is 487 g/mol. The summed E-state index contributed by atoms with van der Waals surface area (Å²) in [6.45, 7) is 3.77. The minimum atomic E-state index is -5.96. The van der Waals surface area contributed by atoms with Crippen molar-refractivity contribution in [2.75, 3.05) is 12.1 Å². The highest BCUT2D eigenvalue weighted by Gasteiger charge is 2.50. The van der Waals surface area contributed by atoms with Crippen LogP contribution in [-0.2, 0) is 10.1 Å². The summed E-state index contributed by atoms with van der Waals surface area (Å²) < 4.78 is 72.9. The number of aromatic carboxylic acids is 1. The van der Waals surface area contributed by atoms with Crippen molar-refractivity contribution in [3.05, 3.63) is 45.7 Å². The fraction of sp³-hybridized carbons (Fsp3) is 0.400. The number of aromatic nitrogens is 1. The number of rotatable bonds is 4. The Hall–Kier alpha value is -3.22. The van der Waals surface area contributed by atoms with Crippen molar-refractivity contribution in [3.63, 3.8) is 0 Å². The first-order chi connectivity index (χ1) is 15.2. The molecule has 0 amide bonds. The van der Waals surface area contributed by atoms with Gasteiger partial charge in [-0.05, 0) is 44.4 Å². The first-order valence-corrected chi connectivity index (χ1v) is 11.1. The minimum Gasteiger partial charge on any atom is -0.545 e. The van der Waals surface area contributed by atoms with E-state index in [1.165, 1.54) is 10.7 Å². The number of ether oxygens (including phenoxy) is 1. The molecule has 0 saturated carbocycles. The van der Waals surface area contributed by atoms with Gasteiger partial charge in [0.2, 0.25) is 0 Å². The SMILES string of the molecule is COc1cc2c(cc1OS(=O)(=O)C(F)(F)F)[C@H]1CCC(C)(C)N1n1cc(C(=O)[O-])c(=O)cc1-2. The van der Waals surface area contributed by atoms with Gasteiger partial charge in [-0.15, -0.1) is 0 Å². The van der Waals surface area contributed by atoms with Gasteiger partial charge in [0.05, 0.1) is 35.9 Å². The van der Waals surface area contributed by atoms with Crippen LogP contribution in [-0.4, -0.2) is 37.2 Å². The number of hydrogen-bond donors (Lipinski definition) is 0. The molecule has 0 aliphatic carbocycles. The number of alkyl halides is 3. The van der Waals surface area contributed by atoms with Crippen LogP contribution in [0.4, 0.5) is 13.2 Å². The average molecular weight is 487 g/mol. The molecule has 0 bridgehead atoms. The Kier molecular flexibility index (Phi) is 4.97. The molecule has 4 rings (SSSR count). The summed E-state index contributed by atoms with van der Waals surface area (Å²) in [7, 11) is -4.84. The maximum absolute atomic E-state index is 12.9. The highest BCUT2D eigenvalue weighted by molar-refractivity contribution is 7.88. The second-order valence-electron chi connectivity index (χ2n) is 8.35. The van der Waals surface area contributed by atoms with E-state index in [9.17, 15) is 36.3 Å². The number of methoxy groups -OCH3 is 1. The number of carboxylic acids is 1. The molecule has 2 aromatic rings. The summed E-state index contributed by atoms with van der Waals surface area (Å²) >= 11 is 0. The summed E-state index contributed by atoms with van der Waals surface area (Å²) in [6, 6.07) is 3.03. The lowest BCUT2D eigenvalue weighted by atomic mass is 9.93. The number of halogens is 3. The number of pyridine rings is 1. The van der Waals surface area contributed by atoms with E-state index in [4.69, 9.17) is 4.74 Å². The third kappa shape index (κ3) is 3.50. The van der Waals surface area contributed by atoms with Gasteiger partial charge in [-0.25, -0.2) is 0 Å². The normalized spacial score (nSPS) is 18.8. The summed E-state index contributed by atoms with van der Waals surface area (Å²) in [4.78, 5) is 23.8. The molecule has 1 fully saturated rings. The molecule has 0 unspecified atom stereocenters. The van der Waals surface area contributed by atoms with Crippen molar-refractivity contribution in [2.45, 2.75) is 43.8 Å². The zero-order valence-electron chi connectivity index (χ0n) is 17.6. The number of carboxylic acid groups (broad SMARTS) is 1. The topological polar surface area (TPSA) is 118 Å². The van der Waals surface area contributed by atoms with E-state index in [2.05, 4.69) is 4.18 Å². The Labute approximate surface area is 186 Å². The summed E-state index contributed by atoms with van der Waals surface area (Å²) in [6.07, 6.45) is 2.29. The molecule has 1 aromatic heterocycles. The zero-order valence-corrected chi connectivity index (χ0v) is 18.4. The fourth-order valence-corrected chi connectivity index (χ4v) is 4.86. The first kappa shape index (κ1) is 23.0. The van der Waals surface area contributed by atoms with Crippen LogP contribution in [0.15, 0.2) is 29.2 Å². The van der Waals surface area contributed by atoms with E-state index >= 15 is 0 Å². The molecule has 178 valence electrons. The van der Waals surface area contributed by atoms with Crippen molar-refractivity contribution in [1.82, 2.24) is 4.68 Å². The Morgan fingerprint density at radius 2 is 1.88 bits per heavy atom. The van der Waals surface area contributed by atoms with Crippen LogP contribution in [0.25, 0.3) is 11.3 Å². The molecule has 2 aliphatic rings. The van der Waals surface area contributed by atoms with Crippen molar-refractivity contribution >= 4 is 16.1 Å². The third-order valence-corrected chi connectivity index (χ3v) is 6.85. The van der Waals surface area contributed by atoms with Gasteiger partial charge in [0, 0.05) is 17.8 Å². The third-order valence-electron chi connectivity index (χ3n) is 5.88. The Morgan fingerprint density at radius 1 is 1.21 bits per heavy atom. The van der Waals surface area contributed by atoms with E-state index in [-0.39, 0.29) is 11.4 Å². The molecule has 1 atom stereocenters. The molecule has 0 N–H and O–H groups in total. The van der Waals surface area contributed by atoms with Gasteiger partial charge >= 0.3 is 15.6 Å². The standard InChI is InChI=1S/C20H19F3N2O7S/c1-19(2)5-4-13-10-7-17(32-33(29,30)20(21,22)23)16(31-3)6-11(10)14-8-15(26)12(18(27)28)9-24(14)25(13)19/h6-9,13H,4-5H2,1-3H3,(H,27,28)/p-1/t13-/m1/s1. The van der Waals surface area contributed by atoms with Crippen LogP contribution in [0.2, 0.25) is 0 Å². The van der Waals surface area contributed by atoms with E-state index < -0.39 is 49.9 Å². The van der Waals surface area contributed by atoms with Gasteiger partial charge in [-0.1, -0.05) is 0 Å². The highest BCUT2D eigenvalue weighted by atomic mass is 32.2. The molecular formula is C20H18F3N2O7S-. The zero-order chi connectivity index (χ0) is 24.5. The van der Waals surface area contributed by atoms with Crippen LogP contribution in [0.5, 0.6) is 11.5 Å². The van der Waals surface area contributed by atoms with E-state index in [0.717, 1.165) is 25.4 Å². The first-order valence-electron chi connectivity index (χ1n) is 9.68. The second-order valence-corrected chi connectivity index (χ2v) is 9.89. The van der Waals surface area contributed by atoms with Crippen LogP contribution < -0.4 is 24.5 Å². The quantitative estimate of drug-likeness (QED) is 0.472. The largest absolute Gasteiger partial charge is 0.545 e. The molecule has 1 aromatic carbocycles. The van der Waals surface area contributed by atoms with Gasteiger partial charge in [0.1, 0.15) is 0 Å². The van der Waals surface area contributed by atoms with Gasteiger partial charge in [-0.2, -0.15) is 21.6 Å². The van der Waals surface area contributed by atoms with Crippen molar-refractivity contribution in [2.24, 2.45) is 0 Å². The van der Waals surface area contributed by atoms with Gasteiger partial charge in [0.25, 0.3) is 0 Å². The van der Waals surface area contributed by atoms with Crippen molar-refractivity contribution in [1.29, 1.82) is 0 Å². The van der Waals surface area contributed by atoms with Gasteiger partial charge in [-0.3, -0.25) is 14.5 Å². The number of nitrogens with zero attached hydrogens (tertiary/aromatic N) is 2. The summed E-state index contributed by atoms with van der Waals surface area (Å²) in [5.74, 6) is -2.61. The van der Waals surface area contributed by atoms with E-state index in [0.29, 0.717) is 24.0 Å². The fourth-order valence-electron chi connectivity index (χ4n) is 4.40. The van der Waals surface area contributed by atoms with Gasteiger partial charge in [0.15, 0.2) is 16.9 Å². The maximum Gasteiger partial charge on any atom is 0.534 e. The van der Waals surface area contributed by atoms with Gasteiger partial charge < -0.3 is 18.8 Å². The maximum atomic E-state index is 12.9. The molecule has 0 radical (unpaired) electrons. The molecular weight excluding hydrogens is 469 g/mol. The molecule has 1 saturated heterocycles. The molecule has 33 heavy (non-hydrogen) atoms. The second kappa shape index (κ2) is 7.14. The molecule has 13 heteroatoms. The van der Waals surface area contributed by atoms with Crippen LogP contribution in [0.1, 0.15) is 48.7 Å². The molecule has 2 aliphatic heterocycles. The predicted molar refractivity (Wildman–Crippen MR) is 107 cm³/mol. The Balaban J connectivity index is 1.99. The number of carbonyl (C=O) groups is 1. The van der Waals surface area contributed by atoms with Crippen LogP contribution in [0.3, 0.4) is 0 Å². The lowest BCUT2D eigenvalue weighted by Gasteiger charge is -2.44. The molecule has 0 spiro atoms. The van der Waals surface area contributed by atoms with Crippen molar-refractivity contribution < 1.29 is 40.4 Å². The van der Waals surface area contributed by atoms with Crippen molar-refractivity contribution in [3.8, 4) is 22.8 Å². The predicted octanol–water partition coefficient (Wildman–Crippen LogP) is 1.68. The number of fused-ring (bicyclic) bond motifs is 6. The highest BCUT2D eigenvalue weighted by Crippen LogP contribution is 2.50. The average Bonchev–Trinajstić information content (AvgIpc) is 3.01. The minimum absolute atomic E-state index is 0.259. The smallest absolute Gasteiger partial charge is 0.534 e. The number of benzene rings is 1. The Morgan fingerprint density at radius 3 is 2.45 bits per heavy atom. The van der Waals surface area contributed by atoms with Crippen LogP contribution >= 0.6 is 0 Å². The number of hydrogen-bond acceptors (Lipinski definition) is 8. The van der Waals surface area contributed by atoms with E-state index in [1.807, 2.05) is 13.8 Å². The summed E-state index contributed by atoms with van der Waals surface area (Å²) in [5.41, 5.74) is -6.51. The molecule has 9 nitrogen and oxygen atoms in total. The molecule has 3 heterocycles. The lowest BCUT2D eigenvalue weighted by molar-refractivity contribution is -0.255. The van der Waals surface area contributed by atoms with E-state index in [1.54, 1.807) is 5.01 Å². The summed E-state index contributed by atoms with van der Waals surface area (Å²) in [5, 5.41) is 13.2.